The molecule has 2 rings (SSSR count). The minimum Gasteiger partial charge on any atom is -0.387 e. The van der Waals surface area contributed by atoms with Crippen LogP contribution in [0.3, 0.4) is 0 Å². The first-order chi connectivity index (χ1) is 15.1. The fourth-order valence-electron chi connectivity index (χ4n) is 1.88. The second-order valence-electron chi connectivity index (χ2n) is 6.90. The van der Waals surface area contributed by atoms with Gasteiger partial charge >= 0.3 is 0 Å². The van der Waals surface area contributed by atoms with E-state index in [9.17, 15) is 26.7 Å². The highest BCUT2D eigenvalue weighted by atomic mass is 32.2. The average Bonchev–Trinajstić information content (AvgIpc) is 2.72. The van der Waals surface area contributed by atoms with Gasteiger partial charge in [-0.2, -0.15) is 8.42 Å². The number of nitrogens with two attached hydrogens (primary N) is 1. The molecule has 0 saturated heterocycles. The molecule has 14 heteroatoms. The maximum absolute atomic E-state index is 11.0. The predicted molar refractivity (Wildman–Crippen MR) is 125 cm³/mol. The quantitative estimate of drug-likeness (QED) is 0.362. The van der Waals surface area contributed by atoms with Crippen LogP contribution in [0.5, 0.6) is 0 Å². The second-order valence-corrected chi connectivity index (χ2v) is 10.4. The summed E-state index contributed by atoms with van der Waals surface area (Å²) in [5, 5.41) is 13.0. The van der Waals surface area contributed by atoms with E-state index >= 15 is 0 Å². The largest absolute Gasteiger partial charge is 0.387 e. The van der Waals surface area contributed by atoms with Gasteiger partial charge in [-0.15, -0.1) is 0 Å². The number of rotatable bonds is 8. The van der Waals surface area contributed by atoms with Gasteiger partial charge in [-0.1, -0.05) is 26.0 Å². The molecule has 12 nitrogen and oxygen atoms in total. The van der Waals surface area contributed by atoms with Gasteiger partial charge in [-0.3, -0.25) is 18.7 Å². The van der Waals surface area contributed by atoms with Gasteiger partial charge in [0.2, 0.25) is 10.0 Å². The molecular formula is C19H31N5O7S2. The Morgan fingerprint density at radius 1 is 1.12 bits per heavy atom. The topological polar surface area (TPSA) is 191 Å². The van der Waals surface area contributed by atoms with E-state index in [1.165, 1.54) is 18.6 Å². The maximum atomic E-state index is 11.0. The van der Waals surface area contributed by atoms with Gasteiger partial charge < -0.3 is 16.2 Å². The van der Waals surface area contributed by atoms with Gasteiger partial charge in [0, 0.05) is 30.7 Å². The molecule has 2 aromatic rings. The van der Waals surface area contributed by atoms with Crippen LogP contribution in [0.4, 0.5) is 5.69 Å². The number of hydrogen-bond acceptors (Lipinski definition) is 10. The third-order valence-electron chi connectivity index (χ3n) is 3.44. The lowest BCUT2D eigenvalue weighted by Gasteiger charge is -2.14. The monoisotopic (exact) mass is 505 g/mol. The molecule has 0 aliphatic rings. The molecule has 0 aliphatic carbocycles. The van der Waals surface area contributed by atoms with E-state index in [0.717, 1.165) is 25.2 Å². The van der Waals surface area contributed by atoms with Crippen molar-refractivity contribution in [1.29, 1.82) is 0 Å². The highest BCUT2D eigenvalue weighted by Crippen LogP contribution is 2.16. The zero-order valence-electron chi connectivity index (χ0n) is 19.1. The molecule has 1 heterocycles. The van der Waals surface area contributed by atoms with Crippen molar-refractivity contribution in [1.82, 2.24) is 15.3 Å². The fraction of sp³-hybridized carbons (Fsp3) is 0.421. The van der Waals surface area contributed by atoms with Crippen molar-refractivity contribution in [3.63, 3.8) is 0 Å². The van der Waals surface area contributed by atoms with E-state index in [1.54, 1.807) is 24.3 Å². The molecule has 1 amide bonds. The molecule has 1 unspecified atom stereocenters. The van der Waals surface area contributed by atoms with Crippen molar-refractivity contribution >= 4 is 31.7 Å². The summed E-state index contributed by atoms with van der Waals surface area (Å²) in [5.74, 6) is -0.553. The molecule has 1 atom stereocenters. The Labute approximate surface area is 194 Å². The molecule has 5 N–H and O–H groups in total. The Kier molecular flexibility index (Phi) is 13.3. The van der Waals surface area contributed by atoms with E-state index in [-0.39, 0.29) is 5.69 Å². The number of carbonyl (C=O) groups excluding carboxylic acids is 1. The molecule has 1 aromatic carbocycles. The van der Waals surface area contributed by atoms with Crippen LogP contribution >= 0.6 is 0 Å². The Morgan fingerprint density at radius 2 is 1.67 bits per heavy atom. The number of aliphatic hydroxyl groups excluding tert-OH is 1. The van der Waals surface area contributed by atoms with Crippen LogP contribution in [0.2, 0.25) is 0 Å². The van der Waals surface area contributed by atoms with Gasteiger partial charge in [0.05, 0.1) is 31.9 Å². The summed E-state index contributed by atoms with van der Waals surface area (Å²) in [4.78, 5) is 17.6. The van der Waals surface area contributed by atoms with Gasteiger partial charge in [-0.05, 0) is 17.7 Å². The number of anilines is 1. The number of carbonyl (C=O) groups is 1. The number of hydrogen-bond donors (Lipinski definition) is 4. The van der Waals surface area contributed by atoms with Crippen molar-refractivity contribution in [2.24, 2.45) is 5.73 Å². The molecule has 0 bridgehead atoms. The minimum absolute atomic E-state index is 0.192. The smallest absolute Gasteiger partial charge is 0.268 e. The molecule has 0 aliphatic heterocycles. The number of primary amides is 1. The van der Waals surface area contributed by atoms with Gasteiger partial charge in [0.15, 0.2) is 0 Å². The van der Waals surface area contributed by atoms with Crippen LogP contribution in [0.15, 0.2) is 42.9 Å². The Bertz CT molecular complexity index is 1050. The third-order valence-corrected chi connectivity index (χ3v) is 4.65. The van der Waals surface area contributed by atoms with Gasteiger partial charge in [0.25, 0.3) is 16.0 Å². The van der Waals surface area contributed by atoms with Crippen molar-refractivity contribution in [3.05, 3.63) is 54.1 Å². The van der Waals surface area contributed by atoms with E-state index in [1.807, 2.05) is 13.8 Å². The van der Waals surface area contributed by atoms with Crippen LogP contribution < -0.4 is 15.8 Å². The van der Waals surface area contributed by atoms with Crippen molar-refractivity contribution in [2.75, 3.05) is 30.9 Å². The standard InChI is InChI=1S/C12H20N2O3S.C5H5N3O.C2H6O3S/c1-9(2)13-8-12(15)10-4-6-11(7-5-10)14-18(3,16)17;6-5(9)4-3-7-1-2-8-4;1-5-6(2,3)4/h4-7,9,12-15H,8H2,1-3H3;1-3H,(H2,6,9);1-2H3. The number of aliphatic hydroxyl groups is 1. The summed E-state index contributed by atoms with van der Waals surface area (Å²) in [7, 11) is -5.30. The SMILES string of the molecule is CC(C)NCC(O)c1ccc(NS(C)(=O)=O)cc1.COS(C)(=O)=O.NC(=O)c1cnccn1. The number of aromatic nitrogens is 2. The molecule has 0 saturated carbocycles. The normalized spacial score (nSPS) is 12.0. The second kappa shape index (κ2) is 14.5. The summed E-state index contributed by atoms with van der Waals surface area (Å²) in [5.41, 5.74) is 6.31. The van der Waals surface area contributed by atoms with Crippen molar-refractivity contribution in [2.45, 2.75) is 26.0 Å². The first kappa shape index (κ1) is 30.4. The van der Waals surface area contributed by atoms with E-state index in [0.29, 0.717) is 18.3 Å². The van der Waals surface area contributed by atoms with Crippen LogP contribution in [-0.4, -0.2) is 70.0 Å². The molecule has 0 fully saturated rings. The molecule has 186 valence electrons. The summed E-state index contributed by atoms with van der Waals surface area (Å²) in [6.07, 6.45) is 5.71. The highest BCUT2D eigenvalue weighted by molar-refractivity contribution is 7.92. The Balaban J connectivity index is 0.000000563. The van der Waals surface area contributed by atoms with E-state index in [2.05, 4.69) is 24.2 Å². The zero-order chi connectivity index (χ0) is 25.7. The minimum atomic E-state index is -3.26. The number of nitrogens with zero attached hydrogens (tertiary/aromatic N) is 2. The number of amides is 1. The maximum Gasteiger partial charge on any atom is 0.268 e. The van der Waals surface area contributed by atoms with Crippen LogP contribution in [0.1, 0.15) is 36.0 Å². The first-order valence-corrected chi connectivity index (χ1v) is 13.2. The summed E-state index contributed by atoms with van der Waals surface area (Å²) in [6, 6.07) is 7.00. The average molecular weight is 506 g/mol. The fourth-order valence-corrected chi connectivity index (χ4v) is 2.44. The number of sulfonamides is 1. The number of benzene rings is 1. The lowest BCUT2D eigenvalue weighted by atomic mass is 10.1. The zero-order valence-corrected chi connectivity index (χ0v) is 20.7. The summed E-state index contributed by atoms with van der Waals surface area (Å²) < 4.78 is 47.9. The molecule has 1 aromatic heterocycles. The molecule has 33 heavy (non-hydrogen) atoms. The molecular weight excluding hydrogens is 474 g/mol. The Hall–Kier alpha value is -2.65. The van der Waals surface area contributed by atoms with Gasteiger partial charge in [0.1, 0.15) is 5.69 Å². The molecule has 0 spiro atoms. The highest BCUT2D eigenvalue weighted by Gasteiger charge is 2.08. The van der Waals surface area contributed by atoms with Crippen LogP contribution in [0, 0.1) is 0 Å². The van der Waals surface area contributed by atoms with Crippen LogP contribution in [0.25, 0.3) is 0 Å². The predicted octanol–water partition coefficient (Wildman–Crippen LogP) is 0.257. The van der Waals surface area contributed by atoms with Crippen molar-refractivity contribution in [3.8, 4) is 0 Å². The van der Waals surface area contributed by atoms with E-state index in [4.69, 9.17) is 5.73 Å². The van der Waals surface area contributed by atoms with Crippen LogP contribution in [-0.2, 0) is 24.3 Å². The Morgan fingerprint density at radius 3 is 2.00 bits per heavy atom. The first-order valence-electron chi connectivity index (χ1n) is 9.45. The third kappa shape index (κ3) is 16.6. The van der Waals surface area contributed by atoms with E-state index < -0.39 is 32.2 Å². The summed E-state index contributed by atoms with van der Waals surface area (Å²) in [6.45, 7) is 4.48. The number of nitrogens with one attached hydrogen (secondary N) is 2. The lowest BCUT2D eigenvalue weighted by molar-refractivity contribution is 0.0995. The molecule has 0 radical (unpaired) electrons. The van der Waals surface area contributed by atoms with Crippen molar-refractivity contribution < 1.29 is 30.9 Å². The van der Waals surface area contributed by atoms with Gasteiger partial charge in [-0.25, -0.2) is 13.4 Å². The summed E-state index contributed by atoms with van der Waals surface area (Å²) >= 11 is 0. The lowest BCUT2D eigenvalue weighted by Crippen LogP contribution is -2.27.